The smallest absolute Gasteiger partial charge is 0.222 e. The fourth-order valence-corrected chi connectivity index (χ4v) is 3.42. The van der Waals surface area contributed by atoms with Gasteiger partial charge in [-0.05, 0) is 69.8 Å². The van der Waals surface area contributed by atoms with Gasteiger partial charge < -0.3 is 9.80 Å². The standard InChI is InChI=1S/C20H32N2O/c1-5-17-6-8-18(9-7-17)10-11-20(23)22(4)16(2)19-12-14-21(3)15-13-19/h6-9,16,19H,5,10-15H2,1-4H3. The third-order valence-electron chi connectivity index (χ3n) is 5.51. The minimum absolute atomic E-state index is 0.274. The lowest BCUT2D eigenvalue weighted by Crippen LogP contribution is -2.44. The van der Waals surface area contributed by atoms with Gasteiger partial charge in [-0.25, -0.2) is 0 Å². The fraction of sp³-hybridized carbons (Fsp3) is 0.650. The summed E-state index contributed by atoms with van der Waals surface area (Å²) in [4.78, 5) is 16.9. The quantitative estimate of drug-likeness (QED) is 0.803. The van der Waals surface area contributed by atoms with Crippen molar-refractivity contribution in [2.24, 2.45) is 5.92 Å². The topological polar surface area (TPSA) is 23.6 Å². The Hall–Kier alpha value is -1.35. The molecule has 0 bridgehead atoms. The van der Waals surface area contributed by atoms with Crippen LogP contribution in [0, 0.1) is 5.92 Å². The van der Waals surface area contributed by atoms with Crippen LogP contribution in [0.2, 0.25) is 0 Å². The third kappa shape index (κ3) is 5.07. The van der Waals surface area contributed by atoms with Crippen LogP contribution < -0.4 is 0 Å². The Labute approximate surface area is 141 Å². The number of aryl methyl sites for hydroxylation is 2. The van der Waals surface area contributed by atoms with Gasteiger partial charge in [-0.1, -0.05) is 31.2 Å². The Morgan fingerprint density at radius 2 is 1.78 bits per heavy atom. The first-order chi connectivity index (χ1) is 11.0. The molecule has 2 rings (SSSR count). The van der Waals surface area contributed by atoms with Gasteiger partial charge in [-0.15, -0.1) is 0 Å². The molecule has 0 saturated carbocycles. The van der Waals surface area contributed by atoms with Gasteiger partial charge in [0.15, 0.2) is 0 Å². The van der Waals surface area contributed by atoms with Crippen LogP contribution >= 0.6 is 0 Å². The van der Waals surface area contributed by atoms with E-state index >= 15 is 0 Å². The molecule has 1 heterocycles. The molecule has 3 heteroatoms. The molecule has 1 saturated heterocycles. The Balaban J connectivity index is 1.81. The first kappa shape index (κ1) is 18.0. The second kappa shape index (κ2) is 8.49. The van der Waals surface area contributed by atoms with Crippen molar-refractivity contribution in [3.8, 4) is 0 Å². The highest BCUT2D eigenvalue weighted by Crippen LogP contribution is 2.23. The van der Waals surface area contributed by atoms with Crippen LogP contribution in [0.3, 0.4) is 0 Å². The summed E-state index contributed by atoms with van der Waals surface area (Å²) >= 11 is 0. The summed E-state index contributed by atoms with van der Waals surface area (Å²) < 4.78 is 0. The van der Waals surface area contributed by atoms with Crippen molar-refractivity contribution in [2.45, 2.75) is 52.0 Å². The molecule has 23 heavy (non-hydrogen) atoms. The Kier molecular flexibility index (Phi) is 6.64. The molecular formula is C20H32N2O. The number of hydrogen-bond acceptors (Lipinski definition) is 2. The molecule has 0 radical (unpaired) electrons. The first-order valence-corrected chi connectivity index (χ1v) is 9.03. The molecule has 0 aromatic heterocycles. The summed E-state index contributed by atoms with van der Waals surface area (Å²) in [7, 11) is 4.16. The Morgan fingerprint density at radius 1 is 1.22 bits per heavy atom. The van der Waals surface area contributed by atoms with Gasteiger partial charge in [0.25, 0.3) is 0 Å². The van der Waals surface area contributed by atoms with Crippen molar-refractivity contribution < 1.29 is 4.79 Å². The van der Waals surface area contributed by atoms with E-state index in [1.165, 1.54) is 24.0 Å². The minimum atomic E-state index is 0.274. The van der Waals surface area contributed by atoms with Gasteiger partial charge in [-0.2, -0.15) is 0 Å². The van der Waals surface area contributed by atoms with Crippen LogP contribution in [0.25, 0.3) is 0 Å². The predicted molar refractivity (Wildman–Crippen MR) is 96.6 cm³/mol. The van der Waals surface area contributed by atoms with E-state index in [9.17, 15) is 4.79 Å². The van der Waals surface area contributed by atoms with E-state index in [1.54, 1.807) is 0 Å². The number of likely N-dealkylation sites (tertiary alicyclic amines) is 1. The van der Waals surface area contributed by atoms with Crippen LogP contribution in [-0.2, 0) is 17.6 Å². The highest BCUT2D eigenvalue weighted by molar-refractivity contribution is 5.76. The van der Waals surface area contributed by atoms with Gasteiger partial charge in [0.05, 0.1) is 0 Å². The molecule has 1 fully saturated rings. The van der Waals surface area contributed by atoms with Gasteiger partial charge in [0.2, 0.25) is 5.91 Å². The minimum Gasteiger partial charge on any atom is -0.343 e. The normalized spacial score (nSPS) is 17.9. The highest BCUT2D eigenvalue weighted by atomic mass is 16.2. The van der Waals surface area contributed by atoms with E-state index in [-0.39, 0.29) is 5.91 Å². The van der Waals surface area contributed by atoms with E-state index in [1.807, 2.05) is 11.9 Å². The van der Waals surface area contributed by atoms with Crippen molar-refractivity contribution in [3.63, 3.8) is 0 Å². The second-order valence-corrected chi connectivity index (χ2v) is 7.06. The van der Waals surface area contributed by atoms with E-state index in [2.05, 4.69) is 50.1 Å². The van der Waals surface area contributed by atoms with E-state index in [0.717, 1.165) is 25.9 Å². The van der Waals surface area contributed by atoms with Crippen molar-refractivity contribution in [1.82, 2.24) is 9.80 Å². The largest absolute Gasteiger partial charge is 0.343 e. The molecule has 1 unspecified atom stereocenters. The molecular weight excluding hydrogens is 284 g/mol. The summed E-state index contributed by atoms with van der Waals surface area (Å²) in [5.74, 6) is 0.917. The fourth-order valence-electron chi connectivity index (χ4n) is 3.42. The summed E-state index contributed by atoms with van der Waals surface area (Å²) in [6.07, 6.45) is 4.92. The lowest BCUT2D eigenvalue weighted by molar-refractivity contribution is -0.132. The number of rotatable bonds is 6. The lowest BCUT2D eigenvalue weighted by atomic mass is 9.89. The number of amides is 1. The van der Waals surface area contributed by atoms with Crippen LogP contribution in [0.15, 0.2) is 24.3 Å². The molecule has 1 aromatic rings. The molecule has 0 aliphatic carbocycles. The summed E-state index contributed by atoms with van der Waals surface area (Å²) in [6.45, 7) is 6.68. The van der Waals surface area contributed by atoms with Crippen molar-refractivity contribution in [1.29, 1.82) is 0 Å². The first-order valence-electron chi connectivity index (χ1n) is 9.03. The molecule has 1 aromatic carbocycles. The molecule has 3 nitrogen and oxygen atoms in total. The van der Waals surface area contributed by atoms with Crippen LogP contribution in [0.1, 0.15) is 44.2 Å². The SMILES string of the molecule is CCc1ccc(CCC(=O)N(C)C(C)C2CCN(C)CC2)cc1. The zero-order valence-corrected chi connectivity index (χ0v) is 15.2. The number of piperidine rings is 1. The zero-order valence-electron chi connectivity index (χ0n) is 15.2. The summed E-state index contributed by atoms with van der Waals surface area (Å²) in [5, 5.41) is 0. The number of carbonyl (C=O) groups excluding carboxylic acids is 1. The van der Waals surface area contributed by atoms with Gasteiger partial charge in [-0.3, -0.25) is 4.79 Å². The van der Waals surface area contributed by atoms with E-state index in [4.69, 9.17) is 0 Å². The van der Waals surface area contributed by atoms with E-state index < -0.39 is 0 Å². The molecule has 1 aliphatic rings. The third-order valence-corrected chi connectivity index (χ3v) is 5.51. The highest BCUT2D eigenvalue weighted by Gasteiger charge is 2.27. The second-order valence-electron chi connectivity index (χ2n) is 7.06. The Bertz CT molecular complexity index is 489. The van der Waals surface area contributed by atoms with Crippen molar-refractivity contribution in [2.75, 3.05) is 27.2 Å². The summed E-state index contributed by atoms with van der Waals surface area (Å²) in [6, 6.07) is 9.01. The number of nitrogens with zero attached hydrogens (tertiary/aromatic N) is 2. The van der Waals surface area contributed by atoms with Gasteiger partial charge in [0.1, 0.15) is 0 Å². The van der Waals surface area contributed by atoms with Crippen LogP contribution in [0.5, 0.6) is 0 Å². The molecule has 1 amide bonds. The van der Waals surface area contributed by atoms with Gasteiger partial charge >= 0.3 is 0 Å². The van der Waals surface area contributed by atoms with Crippen LogP contribution in [0.4, 0.5) is 0 Å². The average Bonchev–Trinajstić information content (AvgIpc) is 2.59. The van der Waals surface area contributed by atoms with Crippen molar-refractivity contribution >= 4 is 5.91 Å². The Morgan fingerprint density at radius 3 is 2.35 bits per heavy atom. The van der Waals surface area contributed by atoms with E-state index in [0.29, 0.717) is 18.4 Å². The van der Waals surface area contributed by atoms with Crippen molar-refractivity contribution in [3.05, 3.63) is 35.4 Å². The number of carbonyl (C=O) groups is 1. The number of hydrogen-bond donors (Lipinski definition) is 0. The van der Waals surface area contributed by atoms with Gasteiger partial charge in [0, 0.05) is 19.5 Å². The zero-order chi connectivity index (χ0) is 16.8. The summed E-state index contributed by atoms with van der Waals surface area (Å²) in [5.41, 5.74) is 2.61. The molecule has 0 spiro atoms. The van der Waals surface area contributed by atoms with Crippen LogP contribution in [-0.4, -0.2) is 48.9 Å². The molecule has 0 N–H and O–H groups in total. The maximum atomic E-state index is 12.5. The predicted octanol–water partition coefficient (Wildman–Crippen LogP) is 3.37. The maximum absolute atomic E-state index is 12.5. The lowest BCUT2D eigenvalue weighted by Gasteiger charge is -2.37. The molecule has 1 atom stereocenters. The molecule has 1 aliphatic heterocycles. The monoisotopic (exact) mass is 316 g/mol. The average molecular weight is 316 g/mol. The number of benzene rings is 1. The maximum Gasteiger partial charge on any atom is 0.222 e. The molecule has 128 valence electrons.